The second kappa shape index (κ2) is 4.42. The molecular formula is C14H13NO5S. The van der Waals surface area contributed by atoms with E-state index in [0.29, 0.717) is 5.52 Å². The summed E-state index contributed by atoms with van der Waals surface area (Å²) in [6.07, 6.45) is 4.19. The summed E-state index contributed by atoms with van der Waals surface area (Å²) in [7, 11) is -3.39. The van der Waals surface area contributed by atoms with E-state index >= 15 is 0 Å². The van der Waals surface area contributed by atoms with Gasteiger partial charge in [0.2, 0.25) is 5.43 Å². The average Bonchev–Trinajstić information content (AvgIpc) is 3.21. The van der Waals surface area contributed by atoms with Crippen LogP contribution in [-0.4, -0.2) is 30.3 Å². The van der Waals surface area contributed by atoms with Crippen LogP contribution in [0.15, 0.2) is 34.1 Å². The quantitative estimate of drug-likeness (QED) is 0.926. The fourth-order valence-corrected chi connectivity index (χ4v) is 3.01. The van der Waals surface area contributed by atoms with Gasteiger partial charge >= 0.3 is 5.97 Å². The lowest BCUT2D eigenvalue weighted by Crippen LogP contribution is -2.19. The summed E-state index contributed by atoms with van der Waals surface area (Å²) in [6.45, 7) is 0. The molecule has 0 spiro atoms. The van der Waals surface area contributed by atoms with E-state index < -0.39 is 21.2 Å². The van der Waals surface area contributed by atoms with Crippen molar-refractivity contribution >= 4 is 26.7 Å². The number of aromatic carboxylic acids is 1. The van der Waals surface area contributed by atoms with Crippen molar-refractivity contribution in [3.63, 3.8) is 0 Å². The number of carboxylic acids is 1. The Morgan fingerprint density at radius 1 is 1.33 bits per heavy atom. The SMILES string of the molecule is CS(=O)(=O)c1ccc2c(=O)c(C(=O)O)cn(C3CC3)c2c1. The normalized spacial score (nSPS) is 15.3. The van der Waals surface area contributed by atoms with Gasteiger partial charge in [-0.2, -0.15) is 0 Å². The molecule has 2 aromatic rings. The average molecular weight is 307 g/mol. The van der Waals surface area contributed by atoms with Gasteiger partial charge in [-0.05, 0) is 31.0 Å². The van der Waals surface area contributed by atoms with Crippen molar-refractivity contribution in [1.82, 2.24) is 4.57 Å². The molecular weight excluding hydrogens is 294 g/mol. The van der Waals surface area contributed by atoms with E-state index in [9.17, 15) is 18.0 Å². The van der Waals surface area contributed by atoms with E-state index in [0.717, 1.165) is 19.1 Å². The standard InChI is InChI=1S/C14H13NO5S/c1-21(19,20)9-4-5-10-12(6-9)15(8-2-3-8)7-11(13(10)16)14(17)18/h4-8H,2-3H2,1H3,(H,17,18). The van der Waals surface area contributed by atoms with Crippen LogP contribution < -0.4 is 5.43 Å². The van der Waals surface area contributed by atoms with Gasteiger partial charge < -0.3 is 9.67 Å². The van der Waals surface area contributed by atoms with Crippen LogP contribution >= 0.6 is 0 Å². The van der Waals surface area contributed by atoms with Crippen molar-refractivity contribution in [3.8, 4) is 0 Å². The first-order valence-electron chi connectivity index (χ1n) is 6.41. The lowest BCUT2D eigenvalue weighted by molar-refractivity contribution is 0.0695. The molecule has 1 heterocycles. The zero-order chi connectivity index (χ0) is 15.4. The monoisotopic (exact) mass is 307 g/mol. The van der Waals surface area contributed by atoms with E-state index in [1.165, 1.54) is 24.4 Å². The van der Waals surface area contributed by atoms with Gasteiger partial charge in [-0.3, -0.25) is 4.79 Å². The lowest BCUT2D eigenvalue weighted by Gasteiger charge is -2.12. The number of nitrogens with zero attached hydrogens (tertiary/aromatic N) is 1. The van der Waals surface area contributed by atoms with E-state index in [1.54, 1.807) is 4.57 Å². The van der Waals surface area contributed by atoms with Gasteiger partial charge in [0.25, 0.3) is 0 Å². The van der Waals surface area contributed by atoms with E-state index in [1.807, 2.05) is 0 Å². The third-order valence-electron chi connectivity index (χ3n) is 3.60. The molecule has 1 fully saturated rings. The number of hydrogen-bond donors (Lipinski definition) is 1. The van der Waals surface area contributed by atoms with Crippen molar-refractivity contribution in [3.05, 3.63) is 40.2 Å². The predicted molar refractivity (Wildman–Crippen MR) is 76.5 cm³/mol. The van der Waals surface area contributed by atoms with Crippen molar-refractivity contribution in [2.24, 2.45) is 0 Å². The van der Waals surface area contributed by atoms with Crippen LogP contribution in [-0.2, 0) is 9.84 Å². The first-order valence-corrected chi connectivity index (χ1v) is 8.30. The van der Waals surface area contributed by atoms with Crippen LogP contribution in [0.4, 0.5) is 0 Å². The third kappa shape index (κ3) is 2.33. The molecule has 110 valence electrons. The molecule has 0 aliphatic heterocycles. The number of aromatic nitrogens is 1. The third-order valence-corrected chi connectivity index (χ3v) is 4.71. The highest BCUT2D eigenvalue weighted by Gasteiger charge is 2.27. The van der Waals surface area contributed by atoms with Crippen LogP contribution in [0.5, 0.6) is 0 Å². The number of sulfone groups is 1. The molecule has 21 heavy (non-hydrogen) atoms. The molecule has 0 amide bonds. The second-order valence-corrected chi connectivity index (χ2v) is 7.28. The summed E-state index contributed by atoms with van der Waals surface area (Å²) < 4.78 is 25.0. The molecule has 1 saturated carbocycles. The Morgan fingerprint density at radius 3 is 2.52 bits per heavy atom. The maximum Gasteiger partial charge on any atom is 0.341 e. The van der Waals surface area contributed by atoms with Crippen molar-refractivity contribution < 1.29 is 18.3 Å². The summed E-state index contributed by atoms with van der Waals surface area (Å²) in [5.74, 6) is -1.27. The van der Waals surface area contributed by atoms with Crippen LogP contribution in [0.2, 0.25) is 0 Å². The largest absolute Gasteiger partial charge is 0.477 e. The maximum atomic E-state index is 12.2. The van der Waals surface area contributed by atoms with Crippen LogP contribution in [0.3, 0.4) is 0 Å². The number of pyridine rings is 1. The molecule has 3 rings (SSSR count). The molecule has 0 saturated heterocycles. The molecule has 0 atom stereocenters. The molecule has 1 aromatic heterocycles. The number of carbonyl (C=O) groups is 1. The molecule has 6 nitrogen and oxygen atoms in total. The van der Waals surface area contributed by atoms with Gasteiger partial charge in [-0.25, -0.2) is 13.2 Å². The Labute approximate surface area is 120 Å². The fraction of sp³-hybridized carbons (Fsp3) is 0.286. The fourth-order valence-electron chi connectivity index (χ4n) is 2.37. The summed E-state index contributed by atoms with van der Waals surface area (Å²) in [4.78, 5) is 23.5. The predicted octanol–water partition coefficient (Wildman–Crippen LogP) is 1.44. The topological polar surface area (TPSA) is 93.4 Å². The highest BCUT2D eigenvalue weighted by molar-refractivity contribution is 7.90. The molecule has 0 bridgehead atoms. The number of carboxylic acid groups (broad SMARTS) is 1. The number of benzene rings is 1. The zero-order valence-corrected chi connectivity index (χ0v) is 12.1. The van der Waals surface area contributed by atoms with Gasteiger partial charge in [0.15, 0.2) is 9.84 Å². The highest BCUT2D eigenvalue weighted by atomic mass is 32.2. The molecule has 7 heteroatoms. The second-order valence-electron chi connectivity index (χ2n) is 5.27. The molecule has 1 aromatic carbocycles. The van der Waals surface area contributed by atoms with Crippen LogP contribution in [0.1, 0.15) is 29.2 Å². The summed E-state index contributed by atoms with van der Waals surface area (Å²) >= 11 is 0. The number of rotatable bonds is 3. The minimum atomic E-state index is -3.39. The molecule has 1 N–H and O–H groups in total. The Bertz CT molecular complexity index is 922. The summed E-state index contributed by atoms with van der Waals surface area (Å²) in [5, 5.41) is 9.36. The van der Waals surface area contributed by atoms with Crippen molar-refractivity contribution in [2.75, 3.05) is 6.26 Å². The summed E-state index contributed by atoms with van der Waals surface area (Å²) in [6, 6.07) is 4.29. The Hall–Kier alpha value is -2.15. The molecule has 0 unspecified atom stereocenters. The Balaban J connectivity index is 2.41. The van der Waals surface area contributed by atoms with E-state index in [-0.39, 0.29) is 21.9 Å². The zero-order valence-electron chi connectivity index (χ0n) is 11.2. The Kier molecular flexibility index (Phi) is 2.91. The minimum Gasteiger partial charge on any atom is -0.477 e. The van der Waals surface area contributed by atoms with Gasteiger partial charge in [-0.1, -0.05) is 0 Å². The number of hydrogen-bond acceptors (Lipinski definition) is 4. The number of fused-ring (bicyclic) bond motifs is 1. The first-order chi connectivity index (χ1) is 9.79. The minimum absolute atomic E-state index is 0.117. The van der Waals surface area contributed by atoms with Gasteiger partial charge in [0, 0.05) is 23.9 Å². The first kappa shape index (κ1) is 13.8. The van der Waals surface area contributed by atoms with E-state index in [4.69, 9.17) is 5.11 Å². The maximum absolute atomic E-state index is 12.2. The Morgan fingerprint density at radius 2 is 2.00 bits per heavy atom. The van der Waals surface area contributed by atoms with Crippen molar-refractivity contribution in [2.45, 2.75) is 23.8 Å². The highest BCUT2D eigenvalue weighted by Crippen LogP contribution is 2.37. The van der Waals surface area contributed by atoms with Gasteiger partial charge in [0.05, 0.1) is 10.4 Å². The van der Waals surface area contributed by atoms with Crippen LogP contribution in [0, 0.1) is 0 Å². The van der Waals surface area contributed by atoms with Gasteiger partial charge in [0.1, 0.15) is 5.56 Å². The molecule has 0 radical (unpaired) electrons. The smallest absolute Gasteiger partial charge is 0.341 e. The molecule has 1 aliphatic carbocycles. The molecule has 1 aliphatic rings. The van der Waals surface area contributed by atoms with Crippen molar-refractivity contribution in [1.29, 1.82) is 0 Å². The lowest BCUT2D eigenvalue weighted by atomic mass is 10.1. The summed E-state index contributed by atoms with van der Waals surface area (Å²) in [5.41, 5.74) is -0.411. The van der Waals surface area contributed by atoms with Crippen LogP contribution in [0.25, 0.3) is 10.9 Å². The van der Waals surface area contributed by atoms with Gasteiger partial charge in [-0.15, -0.1) is 0 Å². The van der Waals surface area contributed by atoms with E-state index in [2.05, 4.69) is 0 Å².